The van der Waals surface area contributed by atoms with Crippen LogP contribution >= 0.6 is 0 Å². The van der Waals surface area contributed by atoms with Crippen LogP contribution in [0.2, 0.25) is 0 Å². The highest BCUT2D eigenvalue weighted by molar-refractivity contribution is 5.96. The van der Waals surface area contributed by atoms with Crippen molar-refractivity contribution in [2.45, 2.75) is 13.1 Å². The average molecular weight is 253 g/mol. The minimum absolute atomic E-state index is 0.0322. The molecule has 0 unspecified atom stereocenters. The zero-order valence-corrected chi connectivity index (χ0v) is 10.5. The quantitative estimate of drug-likeness (QED) is 0.763. The molecule has 0 spiro atoms. The van der Waals surface area contributed by atoms with E-state index < -0.39 is 0 Å². The number of benzene rings is 2. The third-order valence-corrected chi connectivity index (χ3v) is 3.35. The number of nitrogens with zero attached hydrogens (tertiary/aromatic N) is 1. The summed E-state index contributed by atoms with van der Waals surface area (Å²) in [6.07, 6.45) is 0. The number of nitrogen functional groups attached to an aromatic ring is 2. The number of hydrogen-bond donors (Lipinski definition) is 2. The van der Waals surface area contributed by atoms with Crippen LogP contribution in [-0.4, -0.2) is 10.8 Å². The lowest BCUT2D eigenvalue weighted by Gasteiger charge is -2.16. The van der Waals surface area contributed by atoms with Crippen LogP contribution in [0.1, 0.15) is 21.5 Å². The molecule has 2 aromatic rings. The van der Waals surface area contributed by atoms with Gasteiger partial charge in [0.05, 0.1) is 0 Å². The van der Waals surface area contributed by atoms with E-state index in [1.807, 2.05) is 12.1 Å². The second-order valence-corrected chi connectivity index (χ2v) is 4.82. The monoisotopic (exact) mass is 253 g/mol. The van der Waals surface area contributed by atoms with Crippen LogP contribution in [-0.2, 0) is 13.1 Å². The highest BCUT2D eigenvalue weighted by atomic mass is 16.2. The molecular formula is C15H15N3O. The van der Waals surface area contributed by atoms with Gasteiger partial charge in [0, 0.05) is 30.0 Å². The van der Waals surface area contributed by atoms with E-state index in [4.69, 9.17) is 11.5 Å². The molecule has 0 aliphatic carbocycles. The minimum Gasteiger partial charge on any atom is -0.399 e. The summed E-state index contributed by atoms with van der Waals surface area (Å²) in [7, 11) is 0. The van der Waals surface area contributed by atoms with Crippen molar-refractivity contribution in [3.63, 3.8) is 0 Å². The van der Waals surface area contributed by atoms with Crippen molar-refractivity contribution in [2.75, 3.05) is 11.5 Å². The van der Waals surface area contributed by atoms with E-state index in [9.17, 15) is 4.79 Å². The summed E-state index contributed by atoms with van der Waals surface area (Å²) < 4.78 is 0. The first kappa shape index (κ1) is 11.6. The van der Waals surface area contributed by atoms with Gasteiger partial charge in [-0.1, -0.05) is 24.3 Å². The van der Waals surface area contributed by atoms with Gasteiger partial charge in [-0.25, -0.2) is 0 Å². The molecule has 1 amide bonds. The molecule has 19 heavy (non-hydrogen) atoms. The van der Waals surface area contributed by atoms with E-state index in [1.165, 1.54) is 11.1 Å². The molecule has 1 aliphatic heterocycles. The topological polar surface area (TPSA) is 72.3 Å². The van der Waals surface area contributed by atoms with Gasteiger partial charge in [-0.2, -0.15) is 0 Å². The zero-order valence-electron chi connectivity index (χ0n) is 10.5. The van der Waals surface area contributed by atoms with Crippen LogP contribution in [0.15, 0.2) is 42.5 Å². The number of fused-ring (bicyclic) bond motifs is 1. The number of hydrogen-bond acceptors (Lipinski definition) is 3. The van der Waals surface area contributed by atoms with Crippen molar-refractivity contribution < 1.29 is 4.79 Å². The van der Waals surface area contributed by atoms with Crippen molar-refractivity contribution >= 4 is 17.3 Å². The fourth-order valence-electron chi connectivity index (χ4n) is 2.46. The third-order valence-electron chi connectivity index (χ3n) is 3.35. The van der Waals surface area contributed by atoms with Gasteiger partial charge in [0.25, 0.3) is 5.91 Å². The Kier molecular flexibility index (Phi) is 2.63. The fourth-order valence-corrected chi connectivity index (χ4v) is 2.46. The first-order valence-electron chi connectivity index (χ1n) is 6.15. The van der Waals surface area contributed by atoms with Gasteiger partial charge in [-0.05, 0) is 29.3 Å². The van der Waals surface area contributed by atoms with Crippen molar-refractivity contribution in [3.8, 4) is 0 Å². The Morgan fingerprint density at radius 1 is 0.947 bits per heavy atom. The Balaban J connectivity index is 1.87. The van der Waals surface area contributed by atoms with Crippen molar-refractivity contribution in [1.29, 1.82) is 0 Å². The summed E-state index contributed by atoms with van der Waals surface area (Å²) in [6.45, 7) is 1.29. The maximum Gasteiger partial charge on any atom is 0.254 e. The first-order chi connectivity index (χ1) is 9.13. The first-order valence-corrected chi connectivity index (χ1v) is 6.15. The smallest absolute Gasteiger partial charge is 0.254 e. The molecule has 1 aliphatic rings. The van der Waals surface area contributed by atoms with Gasteiger partial charge in [-0.15, -0.1) is 0 Å². The molecule has 0 bridgehead atoms. The van der Waals surface area contributed by atoms with E-state index in [0.717, 1.165) is 0 Å². The van der Waals surface area contributed by atoms with Gasteiger partial charge in [0.15, 0.2) is 0 Å². The summed E-state index contributed by atoms with van der Waals surface area (Å²) >= 11 is 0. The number of nitrogens with two attached hydrogens (primary N) is 2. The number of amides is 1. The number of rotatable bonds is 1. The standard InChI is InChI=1S/C15H15N3O/c16-13-5-12(6-14(17)7-13)15(19)18-8-10-3-1-2-4-11(10)9-18/h1-7H,8-9,16-17H2. The summed E-state index contributed by atoms with van der Waals surface area (Å²) in [5.41, 5.74) is 15.4. The molecule has 1 heterocycles. The molecule has 4 nitrogen and oxygen atoms in total. The molecule has 0 radical (unpaired) electrons. The molecule has 0 fully saturated rings. The Bertz CT molecular complexity index is 606. The lowest BCUT2D eigenvalue weighted by atomic mass is 10.1. The van der Waals surface area contributed by atoms with E-state index in [2.05, 4.69) is 12.1 Å². The largest absolute Gasteiger partial charge is 0.399 e. The highest BCUT2D eigenvalue weighted by Crippen LogP contribution is 2.25. The van der Waals surface area contributed by atoms with Gasteiger partial charge < -0.3 is 16.4 Å². The molecule has 0 saturated heterocycles. The molecule has 0 saturated carbocycles. The van der Waals surface area contributed by atoms with Crippen LogP contribution in [0.3, 0.4) is 0 Å². The molecule has 4 N–H and O–H groups in total. The van der Waals surface area contributed by atoms with E-state index >= 15 is 0 Å². The van der Waals surface area contributed by atoms with Crippen LogP contribution in [0, 0.1) is 0 Å². The van der Waals surface area contributed by atoms with Gasteiger partial charge >= 0.3 is 0 Å². The van der Waals surface area contributed by atoms with Crippen LogP contribution in [0.4, 0.5) is 11.4 Å². The Hall–Kier alpha value is -2.49. The van der Waals surface area contributed by atoms with Gasteiger partial charge in [-0.3, -0.25) is 4.79 Å². The number of carbonyl (C=O) groups is 1. The van der Waals surface area contributed by atoms with Crippen LogP contribution < -0.4 is 11.5 Å². The second kappa shape index (κ2) is 4.31. The van der Waals surface area contributed by atoms with Crippen molar-refractivity contribution in [1.82, 2.24) is 4.90 Å². The minimum atomic E-state index is -0.0322. The van der Waals surface area contributed by atoms with Gasteiger partial charge in [0.1, 0.15) is 0 Å². The maximum atomic E-state index is 12.4. The summed E-state index contributed by atoms with van der Waals surface area (Å²) in [5.74, 6) is -0.0322. The summed E-state index contributed by atoms with van der Waals surface area (Å²) in [6, 6.07) is 13.1. The SMILES string of the molecule is Nc1cc(N)cc(C(=O)N2Cc3ccccc3C2)c1. The predicted molar refractivity (Wildman–Crippen MR) is 75.3 cm³/mol. The van der Waals surface area contributed by atoms with E-state index in [0.29, 0.717) is 30.0 Å². The van der Waals surface area contributed by atoms with E-state index in [-0.39, 0.29) is 5.91 Å². The lowest BCUT2D eigenvalue weighted by Crippen LogP contribution is -2.25. The highest BCUT2D eigenvalue weighted by Gasteiger charge is 2.24. The Labute approximate surface area is 111 Å². The molecule has 4 heteroatoms. The second-order valence-electron chi connectivity index (χ2n) is 4.82. The predicted octanol–water partition coefficient (Wildman–Crippen LogP) is 2.01. The molecule has 96 valence electrons. The van der Waals surface area contributed by atoms with Crippen molar-refractivity contribution in [2.24, 2.45) is 0 Å². The normalized spacial score (nSPS) is 13.4. The average Bonchev–Trinajstić information content (AvgIpc) is 2.80. The molecular weight excluding hydrogens is 238 g/mol. The Morgan fingerprint density at radius 3 is 2.00 bits per heavy atom. The molecule has 0 atom stereocenters. The zero-order chi connectivity index (χ0) is 13.4. The molecule has 0 aromatic heterocycles. The van der Waals surface area contributed by atoms with Gasteiger partial charge in [0.2, 0.25) is 0 Å². The molecule has 2 aromatic carbocycles. The third kappa shape index (κ3) is 2.12. The van der Waals surface area contributed by atoms with E-state index in [1.54, 1.807) is 23.1 Å². The maximum absolute atomic E-state index is 12.4. The number of carbonyl (C=O) groups excluding carboxylic acids is 1. The summed E-state index contributed by atoms with van der Waals surface area (Å²) in [4.78, 5) is 14.2. The number of anilines is 2. The van der Waals surface area contributed by atoms with Crippen LogP contribution in [0.5, 0.6) is 0 Å². The Morgan fingerprint density at radius 2 is 1.47 bits per heavy atom. The lowest BCUT2D eigenvalue weighted by molar-refractivity contribution is 0.0751. The fraction of sp³-hybridized carbons (Fsp3) is 0.133. The molecule has 3 rings (SSSR count). The summed E-state index contributed by atoms with van der Waals surface area (Å²) in [5, 5.41) is 0. The van der Waals surface area contributed by atoms with Crippen LogP contribution in [0.25, 0.3) is 0 Å². The van der Waals surface area contributed by atoms with Crippen molar-refractivity contribution in [3.05, 3.63) is 59.2 Å².